The summed E-state index contributed by atoms with van der Waals surface area (Å²) in [6, 6.07) is 71.5. The lowest BCUT2D eigenvalue weighted by molar-refractivity contribution is 1.18. The summed E-state index contributed by atoms with van der Waals surface area (Å²) < 4.78 is 2.37. The highest BCUT2D eigenvalue weighted by Crippen LogP contribution is 2.40. The van der Waals surface area contributed by atoms with Crippen molar-refractivity contribution >= 4 is 54.1 Å². The van der Waals surface area contributed by atoms with E-state index in [1.807, 2.05) is 6.07 Å². The minimum absolute atomic E-state index is 0.715. The van der Waals surface area contributed by atoms with Crippen LogP contribution in [0.1, 0.15) is 0 Å². The van der Waals surface area contributed by atoms with Gasteiger partial charge in [-0.1, -0.05) is 158 Å². The number of benzene rings is 9. The van der Waals surface area contributed by atoms with Gasteiger partial charge in [-0.25, -0.2) is 9.97 Å². The summed E-state index contributed by atoms with van der Waals surface area (Å²) in [5.41, 5.74) is 10.7. The second-order valence-electron chi connectivity index (χ2n) is 14.2. The van der Waals surface area contributed by atoms with Gasteiger partial charge in [0.05, 0.1) is 22.4 Å². The van der Waals surface area contributed by atoms with Crippen LogP contribution in [0.25, 0.3) is 105 Å². The Kier molecular flexibility index (Phi) is 7.17. The Morgan fingerprint density at radius 1 is 0.309 bits per heavy atom. The van der Waals surface area contributed by atoms with Gasteiger partial charge < -0.3 is 4.57 Å². The van der Waals surface area contributed by atoms with Crippen LogP contribution in [0.2, 0.25) is 0 Å². The number of aromatic nitrogens is 3. The van der Waals surface area contributed by atoms with Gasteiger partial charge in [0.1, 0.15) is 0 Å². The molecule has 256 valence electrons. The third kappa shape index (κ3) is 5.20. The molecule has 2 aromatic heterocycles. The maximum absolute atomic E-state index is 5.43. The Balaban J connectivity index is 1.12. The molecule has 11 aromatic rings. The van der Waals surface area contributed by atoms with E-state index in [9.17, 15) is 0 Å². The first-order valence-corrected chi connectivity index (χ1v) is 18.7. The summed E-state index contributed by atoms with van der Waals surface area (Å²) in [6.45, 7) is 0. The Morgan fingerprint density at radius 3 is 1.75 bits per heavy atom. The van der Waals surface area contributed by atoms with Gasteiger partial charge in [0.2, 0.25) is 0 Å². The summed E-state index contributed by atoms with van der Waals surface area (Å²) >= 11 is 0. The molecule has 2 heterocycles. The molecule has 55 heavy (non-hydrogen) atoms. The van der Waals surface area contributed by atoms with Gasteiger partial charge in [0.15, 0.2) is 5.82 Å². The molecule has 11 rings (SSSR count). The standard InChI is InChI=1S/C52H33N3/c1-3-15-35(16-4-1)47-33-48(54-52(53-47)51-42-23-10-8-17-38(42)31-46-41-22-9-7-14-34(41)26-29-45(46)51)39-19-13-18-36(30-39)37-27-28-44-43-24-11-12-25-49(43)55(50(44)32-37)40-20-5-2-6-21-40/h1-33H. The quantitative estimate of drug-likeness (QED) is 0.132. The van der Waals surface area contributed by atoms with E-state index in [2.05, 4.69) is 199 Å². The van der Waals surface area contributed by atoms with Crippen LogP contribution >= 0.6 is 0 Å². The second-order valence-corrected chi connectivity index (χ2v) is 14.2. The molecular weight excluding hydrogens is 667 g/mol. The van der Waals surface area contributed by atoms with Crippen molar-refractivity contribution in [1.82, 2.24) is 14.5 Å². The van der Waals surface area contributed by atoms with Gasteiger partial charge in [0.25, 0.3) is 0 Å². The topological polar surface area (TPSA) is 30.7 Å². The smallest absolute Gasteiger partial charge is 0.161 e. The van der Waals surface area contributed by atoms with E-state index in [1.54, 1.807) is 0 Å². The van der Waals surface area contributed by atoms with E-state index in [-0.39, 0.29) is 0 Å². The number of hydrogen-bond acceptors (Lipinski definition) is 2. The number of hydrogen-bond donors (Lipinski definition) is 0. The number of para-hydroxylation sites is 2. The number of rotatable bonds is 5. The molecule has 0 atom stereocenters. The number of nitrogens with zero attached hydrogens (tertiary/aromatic N) is 3. The normalized spacial score (nSPS) is 11.6. The molecule has 0 spiro atoms. The zero-order valence-electron chi connectivity index (χ0n) is 29.9. The molecular formula is C52H33N3. The van der Waals surface area contributed by atoms with Crippen molar-refractivity contribution in [3.63, 3.8) is 0 Å². The van der Waals surface area contributed by atoms with Crippen LogP contribution in [0.5, 0.6) is 0 Å². The molecule has 0 bridgehead atoms. The third-order valence-corrected chi connectivity index (χ3v) is 11.0. The van der Waals surface area contributed by atoms with Crippen LogP contribution < -0.4 is 0 Å². The molecule has 0 unspecified atom stereocenters. The van der Waals surface area contributed by atoms with Crippen LogP contribution in [0.3, 0.4) is 0 Å². The van der Waals surface area contributed by atoms with Crippen molar-refractivity contribution < 1.29 is 0 Å². The lowest BCUT2D eigenvalue weighted by Gasteiger charge is -2.15. The zero-order valence-corrected chi connectivity index (χ0v) is 29.9. The summed E-state index contributed by atoms with van der Waals surface area (Å²) in [7, 11) is 0. The SMILES string of the molecule is c1ccc(-c2cc(-c3cccc(-c4ccc5c6ccccc6n(-c6ccccc6)c5c4)c3)nc(-c3c4ccccc4cc4c3ccc3ccccc34)n2)cc1. The molecule has 0 aliphatic rings. The Labute approximate surface area is 318 Å². The van der Waals surface area contributed by atoms with E-state index >= 15 is 0 Å². The summed E-state index contributed by atoms with van der Waals surface area (Å²) in [5.74, 6) is 0.715. The van der Waals surface area contributed by atoms with Crippen LogP contribution in [0, 0.1) is 0 Å². The highest BCUT2D eigenvalue weighted by atomic mass is 15.0. The molecule has 0 radical (unpaired) electrons. The first-order chi connectivity index (χ1) is 27.3. The molecule has 0 amide bonds. The molecule has 0 N–H and O–H groups in total. The number of fused-ring (bicyclic) bond motifs is 7. The van der Waals surface area contributed by atoms with Crippen molar-refractivity contribution in [2.45, 2.75) is 0 Å². The Bertz CT molecular complexity index is 3250. The van der Waals surface area contributed by atoms with Crippen molar-refractivity contribution in [2.24, 2.45) is 0 Å². The maximum atomic E-state index is 5.43. The lowest BCUT2D eigenvalue weighted by atomic mass is 9.92. The van der Waals surface area contributed by atoms with Crippen molar-refractivity contribution in [2.75, 3.05) is 0 Å². The Hall–Kier alpha value is -7.36. The van der Waals surface area contributed by atoms with E-state index in [4.69, 9.17) is 9.97 Å². The molecule has 0 aliphatic carbocycles. The van der Waals surface area contributed by atoms with Crippen LogP contribution in [0.4, 0.5) is 0 Å². The fourth-order valence-corrected chi connectivity index (χ4v) is 8.39. The van der Waals surface area contributed by atoms with E-state index in [0.717, 1.165) is 55.7 Å². The van der Waals surface area contributed by atoms with Crippen molar-refractivity contribution in [3.8, 4) is 50.7 Å². The minimum atomic E-state index is 0.715. The molecule has 3 heteroatoms. The monoisotopic (exact) mass is 699 g/mol. The molecule has 9 aromatic carbocycles. The summed E-state index contributed by atoms with van der Waals surface area (Å²) in [4.78, 5) is 10.8. The molecule has 0 aliphatic heterocycles. The van der Waals surface area contributed by atoms with Gasteiger partial charge in [-0.2, -0.15) is 0 Å². The van der Waals surface area contributed by atoms with Gasteiger partial charge in [-0.3, -0.25) is 0 Å². The van der Waals surface area contributed by atoms with Crippen molar-refractivity contribution in [1.29, 1.82) is 0 Å². The van der Waals surface area contributed by atoms with Crippen LogP contribution in [0.15, 0.2) is 200 Å². The Morgan fingerprint density at radius 2 is 0.909 bits per heavy atom. The molecule has 0 saturated heterocycles. The molecule has 0 fully saturated rings. The summed E-state index contributed by atoms with van der Waals surface area (Å²) in [6.07, 6.45) is 0. The average molecular weight is 700 g/mol. The van der Waals surface area contributed by atoms with Gasteiger partial charge in [0, 0.05) is 33.2 Å². The minimum Gasteiger partial charge on any atom is -0.309 e. The predicted molar refractivity (Wildman–Crippen MR) is 231 cm³/mol. The predicted octanol–water partition coefficient (Wildman–Crippen LogP) is 13.7. The fraction of sp³-hybridized carbons (Fsp3) is 0. The molecule has 3 nitrogen and oxygen atoms in total. The van der Waals surface area contributed by atoms with Crippen LogP contribution in [-0.2, 0) is 0 Å². The van der Waals surface area contributed by atoms with Gasteiger partial charge in [-0.05, 0) is 85.9 Å². The largest absolute Gasteiger partial charge is 0.309 e. The lowest BCUT2D eigenvalue weighted by Crippen LogP contribution is -1.98. The van der Waals surface area contributed by atoms with Gasteiger partial charge >= 0.3 is 0 Å². The van der Waals surface area contributed by atoms with E-state index in [1.165, 1.54) is 43.4 Å². The first-order valence-electron chi connectivity index (χ1n) is 18.7. The van der Waals surface area contributed by atoms with E-state index < -0.39 is 0 Å². The highest BCUT2D eigenvalue weighted by Gasteiger charge is 2.18. The first kappa shape index (κ1) is 31.2. The van der Waals surface area contributed by atoms with Crippen molar-refractivity contribution in [3.05, 3.63) is 200 Å². The zero-order chi connectivity index (χ0) is 36.3. The maximum Gasteiger partial charge on any atom is 0.161 e. The van der Waals surface area contributed by atoms with Crippen LogP contribution in [-0.4, -0.2) is 14.5 Å². The molecule has 0 saturated carbocycles. The van der Waals surface area contributed by atoms with E-state index in [0.29, 0.717) is 5.82 Å². The average Bonchev–Trinajstić information content (AvgIpc) is 3.59. The summed E-state index contributed by atoms with van der Waals surface area (Å²) in [5, 5.41) is 9.58. The second kappa shape index (κ2) is 12.6. The van der Waals surface area contributed by atoms with Gasteiger partial charge in [-0.15, -0.1) is 0 Å². The third-order valence-electron chi connectivity index (χ3n) is 11.0. The highest BCUT2D eigenvalue weighted by molar-refractivity contribution is 6.19. The fourth-order valence-electron chi connectivity index (χ4n) is 8.39.